The summed E-state index contributed by atoms with van der Waals surface area (Å²) in [6.45, 7) is 0.229. The van der Waals surface area contributed by atoms with Crippen molar-refractivity contribution in [1.29, 1.82) is 0 Å². The number of nitrogens with zero attached hydrogens (tertiary/aromatic N) is 3. The van der Waals surface area contributed by atoms with Gasteiger partial charge in [0.2, 0.25) is 0 Å². The van der Waals surface area contributed by atoms with Crippen molar-refractivity contribution in [2.75, 3.05) is 0 Å². The molecule has 8 heteroatoms. The number of aromatic nitrogens is 3. The van der Waals surface area contributed by atoms with Crippen LogP contribution in [-0.2, 0) is 13.0 Å². The number of rotatable bonds is 3. The lowest BCUT2D eigenvalue weighted by molar-refractivity contribution is -0.0888. The maximum absolute atomic E-state index is 12.3. The van der Waals surface area contributed by atoms with Gasteiger partial charge in [0.15, 0.2) is 5.69 Å². The number of halogens is 3. The molecule has 0 aliphatic carbocycles. The average Bonchev–Trinajstić information content (AvgIpc) is 3.03. The van der Waals surface area contributed by atoms with Crippen molar-refractivity contribution >= 4 is 5.78 Å². The Morgan fingerprint density at radius 1 is 1.38 bits per heavy atom. The molecule has 0 bridgehead atoms. The zero-order chi connectivity index (χ0) is 15.0. The fraction of sp³-hybridized carbons (Fsp3) is 0.308. The topological polar surface area (TPSA) is 57.0 Å². The monoisotopic (exact) mass is 297 g/mol. The minimum atomic E-state index is -4.94. The number of carbonyl (C=O) groups excluding carboxylic acids is 1. The smallest absolute Gasteiger partial charge is 0.456 e. The van der Waals surface area contributed by atoms with Crippen LogP contribution >= 0.6 is 0 Å². The molecule has 0 saturated carbocycles. The summed E-state index contributed by atoms with van der Waals surface area (Å²) >= 11 is 0. The summed E-state index contributed by atoms with van der Waals surface area (Å²) in [4.78, 5) is 11.0. The first-order valence-corrected chi connectivity index (χ1v) is 6.20. The summed E-state index contributed by atoms with van der Waals surface area (Å²) in [6, 6.07) is 7.49. The second-order valence-corrected chi connectivity index (χ2v) is 4.70. The number of ketones is 1. The van der Waals surface area contributed by atoms with E-state index in [1.54, 1.807) is 0 Å². The number of fused-ring (bicyclic) bond motifs is 1. The van der Waals surface area contributed by atoms with E-state index in [0.29, 0.717) is 6.42 Å². The summed E-state index contributed by atoms with van der Waals surface area (Å²) in [5.74, 6) is -1.24. The third-order valence-corrected chi connectivity index (χ3v) is 3.13. The van der Waals surface area contributed by atoms with Gasteiger partial charge in [0, 0.05) is 6.42 Å². The van der Waals surface area contributed by atoms with Crippen molar-refractivity contribution in [3.63, 3.8) is 0 Å². The van der Waals surface area contributed by atoms with E-state index in [2.05, 4.69) is 10.3 Å². The van der Waals surface area contributed by atoms with Crippen LogP contribution in [0.5, 0.6) is 5.75 Å². The summed E-state index contributed by atoms with van der Waals surface area (Å²) in [5, 5.41) is 6.80. The molecule has 0 amide bonds. The molecule has 0 radical (unpaired) electrons. The molecule has 21 heavy (non-hydrogen) atoms. The van der Waals surface area contributed by atoms with Gasteiger partial charge >= 0.3 is 6.18 Å². The van der Waals surface area contributed by atoms with Gasteiger partial charge in [-0.1, -0.05) is 23.4 Å². The van der Waals surface area contributed by atoms with Crippen molar-refractivity contribution in [2.45, 2.75) is 25.2 Å². The molecule has 5 nitrogen and oxygen atoms in total. The van der Waals surface area contributed by atoms with E-state index in [-0.39, 0.29) is 12.6 Å². The van der Waals surface area contributed by atoms with Crippen molar-refractivity contribution in [3.05, 3.63) is 41.7 Å². The number of para-hydroxylation sites is 1. The maximum Gasteiger partial charge on any atom is 0.456 e. The van der Waals surface area contributed by atoms with Gasteiger partial charge in [-0.3, -0.25) is 4.79 Å². The summed E-state index contributed by atoms with van der Waals surface area (Å²) in [6.07, 6.45) is -3.56. The summed E-state index contributed by atoms with van der Waals surface area (Å²) in [5.41, 5.74) is 0.326. The van der Waals surface area contributed by atoms with E-state index in [1.165, 1.54) is 4.68 Å². The van der Waals surface area contributed by atoms with Crippen molar-refractivity contribution in [3.8, 4) is 5.75 Å². The van der Waals surface area contributed by atoms with Crippen LogP contribution in [0.25, 0.3) is 0 Å². The average molecular weight is 297 g/mol. The Balaban J connectivity index is 1.68. The van der Waals surface area contributed by atoms with Crippen LogP contribution in [0, 0.1) is 0 Å². The second kappa shape index (κ2) is 4.87. The molecule has 3 rings (SSSR count). The molecule has 0 fully saturated rings. The highest BCUT2D eigenvalue weighted by Gasteiger charge is 2.41. The number of benzene rings is 1. The lowest BCUT2D eigenvalue weighted by Gasteiger charge is -2.09. The minimum absolute atomic E-state index is 0.229. The van der Waals surface area contributed by atoms with Crippen LogP contribution in [0.1, 0.15) is 16.1 Å². The van der Waals surface area contributed by atoms with E-state index in [4.69, 9.17) is 4.74 Å². The second-order valence-electron chi connectivity index (χ2n) is 4.70. The molecule has 1 aliphatic rings. The fourth-order valence-electron chi connectivity index (χ4n) is 2.20. The Labute approximate surface area is 117 Å². The van der Waals surface area contributed by atoms with Gasteiger partial charge in [0.25, 0.3) is 5.78 Å². The van der Waals surface area contributed by atoms with Gasteiger partial charge in [-0.15, -0.1) is 5.10 Å². The largest absolute Gasteiger partial charge is 0.488 e. The Morgan fingerprint density at radius 2 is 2.14 bits per heavy atom. The minimum Gasteiger partial charge on any atom is -0.488 e. The molecule has 1 aromatic heterocycles. The van der Waals surface area contributed by atoms with Crippen LogP contribution in [0.3, 0.4) is 0 Å². The Kier molecular flexibility index (Phi) is 3.15. The molecule has 1 aromatic carbocycles. The zero-order valence-corrected chi connectivity index (χ0v) is 10.7. The SMILES string of the molecule is O=C(c1cn(CC2Cc3ccccc3O2)nn1)C(F)(F)F. The van der Waals surface area contributed by atoms with E-state index < -0.39 is 17.7 Å². The first-order valence-electron chi connectivity index (χ1n) is 6.20. The van der Waals surface area contributed by atoms with Crippen LogP contribution in [-0.4, -0.2) is 33.1 Å². The third kappa shape index (κ3) is 2.74. The van der Waals surface area contributed by atoms with Crippen LogP contribution < -0.4 is 4.74 Å². The number of hydrogen-bond donors (Lipinski definition) is 0. The molecule has 0 saturated heterocycles. The first kappa shape index (κ1) is 13.6. The predicted octanol–water partition coefficient (Wildman–Crippen LogP) is 2.03. The molecule has 2 aromatic rings. The van der Waals surface area contributed by atoms with Crippen LogP contribution in [0.15, 0.2) is 30.5 Å². The summed E-state index contributed by atoms with van der Waals surface area (Å²) in [7, 11) is 0. The number of hydrogen-bond acceptors (Lipinski definition) is 4. The number of carbonyl (C=O) groups is 1. The molecule has 0 spiro atoms. The molecule has 0 N–H and O–H groups in total. The Morgan fingerprint density at radius 3 is 2.86 bits per heavy atom. The molecule has 2 heterocycles. The van der Waals surface area contributed by atoms with Crippen molar-refractivity contribution in [2.24, 2.45) is 0 Å². The highest BCUT2D eigenvalue weighted by molar-refractivity contribution is 5.98. The van der Waals surface area contributed by atoms with Gasteiger partial charge in [-0.2, -0.15) is 13.2 Å². The molecule has 110 valence electrons. The molecule has 1 unspecified atom stereocenters. The number of Topliss-reactive ketones (excluding diaryl/α,β-unsaturated/α-hetero) is 1. The molecule has 1 atom stereocenters. The van der Waals surface area contributed by atoms with E-state index in [1.807, 2.05) is 24.3 Å². The van der Waals surface area contributed by atoms with E-state index in [0.717, 1.165) is 17.5 Å². The highest BCUT2D eigenvalue weighted by Crippen LogP contribution is 2.28. The van der Waals surface area contributed by atoms with Gasteiger partial charge in [0.05, 0.1) is 12.7 Å². The Bertz CT molecular complexity index is 656. The highest BCUT2D eigenvalue weighted by atomic mass is 19.4. The van der Waals surface area contributed by atoms with Gasteiger partial charge < -0.3 is 4.74 Å². The zero-order valence-electron chi connectivity index (χ0n) is 10.7. The predicted molar refractivity (Wildman–Crippen MR) is 65.0 cm³/mol. The van der Waals surface area contributed by atoms with Crippen LogP contribution in [0.4, 0.5) is 13.2 Å². The lowest BCUT2D eigenvalue weighted by atomic mass is 10.1. The normalized spacial score (nSPS) is 17.4. The quantitative estimate of drug-likeness (QED) is 0.813. The molecular weight excluding hydrogens is 287 g/mol. The lowest BCUT2D eigenvalue weighted by Crippen LogP contribution is -2.23. The number of alkyl halides is 3. The van der Waals surface area contributed by atoms with E-state index in [9.17, 15) is 18.0 Å². The standard InChI is InChI=1S/C13H10F3N3O2/c14-13(15,16)12(20)10-7-19(18-17-10)6-9-5-8-3-1-2-4-11(8)21-9/h1-4,7,9H,5-6H2. The maximum atomic E-state index is 12.3. The molecular formula is C13H10F3N3O2. The van der Waals surface area contributed by atoms with Gasteiger partial charge in [0.1, 0.15) is 11.9 Å². The fourth-order valence-corrected chi connectivity index (χ4v) is 2.20. The van der Waals surface area contributed by atoms with Crippen molar-refractivity contribution < 1.29 is 22.7 Å². The van der Waals surface area contributed by atoms with Gasteiger partial charge in [-0.25, -0.2) is 4.68 Å². The summed E-state index contributed by atoms with van der Waals surface area (Å²) < 4.78 is 43.7. The van der Waals surface area contributed by atoms with Crippen molar-refractivity contribution in [1.82, 2.24) is 15.0 Å². The van der Waals surface area contributed by atoms with Crippen LogP contribution in [0.2, 0.25) is 0 Å². The van der Waals surface area contributed by atoms with Gasteiger partial charge in [-0.05, 0) is 11.6 Å². The number of ether oxygens (including phenoxy) is 1. The Hall–Kier alpha value is -2.38. The van der Waals surface area contributed by atoms with E-state index >= 15 is 0 Å². The third-order valence-electron chi connectivity index (χ3n) is 3.13. The first-order chi connectivity index (χ1) is 9.93. The molecule has 1 aliphatic heterocycles.